The third-order valence-electron chi connectivity index (χ3n) is 2.53. The van der Waals surface area contributed by atoms with Crippen molar-refractivity contribution in [1.29, 1.82) is 0 Å². The molecule has 2 rings (SSSR count). The molecule has 0 bridgehead atoms. The highest BCUT2D eigenvalue weighted by atomic mass is 15.2. The Bertz CT molecular complexity index is 256. The lowest BCUT2D eigenvalue weighted by molar-refractivity contribution is 0.574. The van der Waals surface area contributed by atoms with Crippen LogP contribution in [0.2, 0.25) is 0 Å². The lowest BCUT2D eigenvalue weighted by atomic mass is 10.1. The Morgan fingerprint density at radius 2 is 2.57 bits per heavy atom. The Hall–Kier alpha value is -1.16. The van der Waals surface area contributed by atoms with Gasteiger partial charge in [0.05, 0.1) is 0 Å². The van der Waals surface area contributed by atoms with Gasteiger partial charge in [-0.2, -0.15) is 5.10 Å². The Balaban J connectivity index is 1.67. The summed E-state index contributed by atoms with van der Waals surface area (Å²) in [6, 6.07) is 4.53. The van der Waals surface area contributed by atoms with E-state index in [2.05, 4.69) is 20.8 Å². The van der Waals surface area contributed by atoms with Gasteiger partial charge in [0, 0.05) is 18.8 Å². The van der Waals surface area contributed by atoms with Gasteiger partial charge < -0.3 is 10.6 Å². The van der Waals surface area contributed by atoms with Crippen LogP contribution in [0, 0.1) is 0 Å². The van der Waals surface area contributed by atoms with Gasteiger partial charge in [0.15, 0.2) is 0 Å². The Morgan fingerprint density at radius 1 is 1.57 bits per heavy atom. The van der Waals surface area contributed by atoms with Crippen molar-refractivity contribution in [2.24, 2.45) is 0 Å². The van der Waals surface area contributed by atoms with Crippen molar-refractivity contribution < 1.29 is 0 Å². The molecule has 4 heteroatoms. The highest BCUT2D eigenvalue weighted by molar-refractivity contribution is 5.31. The zero-order valence-corrected chi connectivity index (χ0v) is 8.24. The summed E-state index contributed by atoms with van der Waals surface area (Å²) in [5, 5.41) is 14.5. The summed E-state index contributed by atoms with van der Waals surface area (Å²) in [5.41, 5.74) is 0. The van der Waals surface area contributed by atoms with E-state index in [0.717, 1.165) is 18.8 Å². The largest absolute Gasteiger partial charge is 0.369 e. The summed E-state index contributed by atoms with van der Waals surface area (Å²) < 4.78 is 0. The number of anilines is 1. The first-order valence-corrected chi connectivity index (χ1v) is 5.20. The first-order valence-electron chi connectivity index (χ1n) is 5.20. The summed E-state index contributed by atoms with van der Waals surface area (Å²) in [6.07, 6.45) is 5.47. The van der Waals surface area contributed by atoms with Gasteiger partial charge in [0.25, 0.3) is 0 Å². The third kappa shape index (κ3) is 2.67. The zero-order valence-electron chi connectivity index (χ0n) is 8.24. The Labute approximate surface area is 84.1 Å². The maximum atomic E-state index is 3.96. The number of nitrogens with one attached hydrogen (secondary N) is 2. The number of rotatable bonds is 4. The number of hydrogen-bond acceptors (Lipinski definition) is 4. The monoisotopic (exact) mass is 192 g/mol. The van der Waals surface area contributed by atoms with Crippen molar-refractivity contribution in [1.82, 2.24) is 15.5 Å². The van der Waals surface area contributed by atoms with Gasteiger partial charge in [-0.05, 0) is 37.9 Å². The van der Waals surface area contributed by atoms with Crippen molar-refractivity contribution in [2.45, 2.75) is 25.3 Å². The number of nitrogens with zero attached hydrogens (tertiary/aromatic N) is 2. The molecule has 1 aromatic rings. The molecular weight excluding hydrogens is 176 g/mol. The van der Waals surface area contributed by atoms with E-state index in [4.69, 9.17) is 0 Å². The molecule has 1 aromatic heterocycles. The molecule has 0 saturated carbocycles. The average molecular weight is 192 g/mol. The van der Waals surface area contributed by atoms with Crippen LogP contribution in [0.1, 0.15) is 19.3 Å². The highest BCUT2D eigenvalue weighted by Crippen LogP contribution is 2.08. The standard InChI is InChI=1S/C10H16N4/c1-3-9(11-6-1)5-8-12-10-4-2-7-13-14-10/h2,4,7,9,11H,1,3,5-6,8H2,(H,12,14)/t9-/m1/s1. The molecule has 0 unspecified atom stereocenters. The van der Waals surface area contributed by atoms with Crippen LogP contribution >= 0.6 is 0 Å². The summed E-state index contributed by atoms with van der Waals surface area (Å²) in [6.45, 7) is 2.15. The van der Waals surface area contributed by atoms with E-state index in [1.54, 1.807) is 6.20 Å². The van der Waals surface area contributed by atoms with E-state index in [-0.39, 0.29) is 0 Å². The Kier molecular flexibility index (Phi) is 3.29. The predicted octanol–water partition coefficient (Wildman–Crippen LogP) is 1.03. The normalized spacial score (nSPS) is 21.0. The molecule has 1 atom stereocenters. The molecular formula is C10H16N4. The van der Waals surface area contributed by atoms with E-state index < -0.39 is 0 Å². The molecule has 0 aliphatic carbocycles. The van der Waals surface area contributed by atoms with Crippen LogP contribution in [0.4, 0.5) is 5.82 Å². The molecule has 2 N–H and O–H groups in total. The average Bonchev–Trinajstić information content (AvgIpc) is 2.72. The molecule has 1 fully saturated rings. The quantitative estimate of drug-likeness (QED) is 0.748. The fourth-order valence-corrected chi connectivity index (χ4v) is 1.77. The van der Waals surface area contributed by atoms with E-state index >= 15 is 0 Å². The smallest absolute Gasteiger partial charge is 0.148 e. The lowest BCUT2D eigenvalue weighted by Gasteiger charge is -2.10. The number of hydrogen-bond donors (Lipinski definition) is 2. The molecule has 4 nitrogen and oxygen atoms in total. The fourth-order valence-electron chi connectivity index (χ4n) is 1.77. The van der Waals surface area contributed by atoms with Gasteiger partial charge in [-0.15, -0.1) is 5.10 Å². The van der Waals surface area contributed by atoms with Crippen LogP contribution in [0.3, 0.4) is 0 Å². The van der Waals surface area contributed by atoms with Gasteiger partial charge in [-0.25, -0.2) is 0 Å². The zero-order chi connectivity index (χ0) is 9.64. The summed E-state index contributed by atoms with van der Waals surface area (Å²) >= 11 is 0. The second-order valence-electron chi connectivity index (χ2n) is 3.62. The molecule has 1 aliphatic rings. The van der Waals surface area contributed by atoms with E-state index in [1.165, 1.54) is 19.4 Å². The molecule has 0 radical (unpaired) electrons. The minimum absolute atomic E-state index is 0.694. The van der Waals surface area contributed by atoms with Gasteiger partial charge in [-0.3, -0.25) is 0 Å². The highest BCUT2D eigenvalue weighted by Gasteiger charge is 2.12. The maximum absolute atomic E-state index is 3.96. The maximum Gasteiger partial charge on any atom is 0.148 e. The molecule has 14 heavy (non-hydrogen) atoms. The van der Waals surface area contributed by atoms with Gasteiger partial charge in [-0.1, -0.05) is 0 Å². The molecule has 2 heterocycles. The van der Waals surface area contributed by atoms with Crippen molar-refractivity contribution in [3.63, 3.8) is 0 Å². The van der Waals surface area contributed by atoms with Crippen LogP contribution in [0.25, 0.3) is 0 Å². The SMILES string of the molecule is c1cnnc(NCC[C@H]2CCCN2)c1. The van der Waals surface area contributed by atoms with Crippen LogP contribution in [-0.2, 0) is 0 Å². The second kappa shape index (κ2) is 4.91. The predicted molar refractivity (Wildman–Crippen MR) is 56.2 cm³/mol. The van der Waals surface area contributed by atoms with Gasteiger partial charge >= 0.3 is 0 Å². The van der Waals surface area contributed by atoms with Crippen molar-refractivity contribution in [3.8, 4) is 0 Å². The molecule has 0 amide bonds. The molecule has 1 aliphatic heterocycles. The first kappa shape index (κ1) is 9.40. The third-order valence-corrected chi connectivity index (χ3v) is 2.53. The first-order chi connectivity index (χ1) is 6.95. The van der Waals surface area contributed by atoms with Crippen LogP contribution in [0.5, 0.6) is 0 Å². The van der Waals surface area contributed by atoms with Crippen molar-refractivity contribution in [3.05, 3.63) is 18.3 Å². The summed E-state index contributed by atoms with van der Waals surface area (Å²) in [4.78, 5) is 0. The van der Waals surface area contributed by atoms with Crippen LogP contribution < -0.4 is 10.6 Å². The minimum atomic E-state index is 0.694. The van der Waals surface area contributed by atoms with Crippen molar-refractivity contribution >= 4 is 5.82 Å². The topological polar surface area (TPSA) is 49.8 Å². The van der Waals surface area contributed by atoms with Gasteiger partial charge in [0.1, 0.15) is 5.82 Å². The van der Waals surface area contributed by atoms with E-state index in [9.17, 15) is 0 Å². The molecule has 0 aromatic carbocycles. The Morgan fingerprint density at radius 3 is 3.29 bits per heavy atom. The molecule has 0 spiro atoms. The second-order valence-corrected chi connectivity index (χ2v) is 3.62. The van der Waals surface area contributed by atoms with Crippen LogP contribution in [0.15, 0.2) is 18.3 Å². The van der Waals surface area contributed by atoms with Crippen LogP contribution in [-0.4, -0.2) is 29.3 Å². The minimum Gasteiger partial charge on any atom is -0.369 e. The fraction of sp³-hybridized carbons (Fsp3) is 0.600. The van der Waals surface area contributed by atoms with Gasteiger partial charge in [0.2, 0.25) is 0 Å². The molecule has 76 valence electrons. The summed E-state index contributed by atoms with van der Waals surface area (Å²) in [5.74, 6) is 0.866. The van der Waals surface area contributed by atoms with E-state index in [1.807, 2.05) is 12.1 Å². The lowest BCUT2D eigenvalue weighted by Crippen LogP contribution is -2.24. The molecule has 1 saturated heterocycles. The van der Waals surface area contributed by atoms with Crippen molar-refractivity contribution in [2.75, 3.05) is 18.4 Å². The number of aromatic nitrogens is 2. The van der Waals surface area contributed by atoms with E-state index in [0.29, 0.717) is 6.04 Å². The summed E-state index contributed by atoms with van der Waals surface area (Å²) in [7, 11) is 0.